The van der Waals surface area contributed by atoms with Gasteiger partial charge in [0.15, 0.2) is 6.10 Å². The van der Waals surface area contributed by atoms with E-state index in [1.54, 1.807) is 25.1 Å². The Balaban J connectivity index is 0.00000361. The molecule has 0 saturated heterocycles. The summed E-state index contributed by atoms with van der Waals surface area (Å²) in [6.07, 6.45) is 0.0897. The monoisotopic (exact) mass is 340 g/mol. The number of nitrogens with one attached hydrogen (secondary N) is 1. The summed E-state index contributed by atoms with van der Waals surface area (Å²) in [5, 5.41) is 3.65. The molecule has 1 amide bonds. The van der Waals surface area contributed by atoms with Crippen LogP contribution in [0, 0.1) is 0 Å². The first kappa shape index (κ1) is 19.3. The molecule has 1 aromatic carbocycles. The van der Waals surface area contributed by atoms with Crippen molar-refractivity contribution in [3.63, 3.8) is 0 Å². The summed E-state index contributed by atoms with van der Waals surface area (Å²) in [5.74, 6) is 0.229. The zero-order chi connectivity index (χ0) is 14.4. The lowest BCUT2D eigenvalue weighted by molar-refractivity contribution is -0.127. The highest BCUT2D eigenvalue weighted by atomic mass is 35.5. The summed E-state index contributed by atoms with van der Waals surface area (Å²) in [6, 6.07) is 4.92. The summed E-state index contributed by atoms with van der Waals surface area (Å²) in [4.78, 5) is 11.8. The van der Waals surface area contributed by atoms with Crippen LogP contribution in [0.25, 0.3) is 0 Å². The van der Waals surface area contributed by atoms with Crippen LogP contribution in [0.2, 0.25) is 10.0 Å². The van der Waals surface area contributed by atoms with Crippen molar-refractivity contribution in [2.45, 2.75) is 32.4 Å². The minimum atomic E-state index is -0.633. The molecule has 0 aliphatic rings. The van der Waals surface area contributed by atoms with Gasteiger partial charge in [-0.15, -0.1) is 12.4 Å². The van der Waals surface area contributed by atoms with Crippen LogP contribution >= 0.6 is 35.6 Å². The largest absolute Gasteiger partial charge is 0.479 e. The Kier molecular flexibility index (Phi) is 8.98. The number of hydrogen-bond donors (Lipinski definition) is 2. The fourth-order valence-electron chi connectivity index (χ4n) is 1.38. The van der Waals surface area contributed by atoms with Crippen LogP contribution in [0.4, 0.5) is 0 Å². The minimum Gasteiger partial charge on any atom is -0.479 e. The van der Waals surface area contributed by atoms with Crippen molar-refractivity contribution in [2.24, 2.45) is 5.73 Å². The molecule has 4 nitrogen and oxygen atoms in total. The number of hydrogen-bond acceptors (Lipinski definition) is 3. The number of benzene rings is 1. The number of nitrogens with two attached hydrogens (primary N) is 1. The van der Waals surface area contributed by atoms with Gasteiger partial charge in [-0.1, -0.05) is 23.2 Å². The Morgan fingerprint density at radius 2 is 2.05 bits per heavy atom. The molecule has 2 unspecified atom stereocenters. The molecule has 114 valence electrons. The Bertz CT molecular complexity index is 442. The molecule has 1 aromatic rings. The Labute approximate surface area is 135 Å². The van der Waals surface area contributed by atoms with Crippen molar-refractivity contribution in [1.29, 1.82) is 0 Å². The molecule has 0 radical (unpaired) electrons. The molecule has 0 aliphatic carbocycles. The van der Waals surface area contributed by atoms with Crippen molar-refractivity contribution >= 4 is 41.5 Å². The van der Waals surface area contributed by atoms with Gasteiger partial charge in [-0.2, -0.15) is 0 Å². The quantitative estimate of drug-likeness (QED) is 0.836. The average Bonchev–Trinajstić information content (AvgIpc) is 2.32. The summed E-state index contributed by atoms with van der Waals surface area (Å²) >= 11 is 11.7. The maximum absolute atomic E-state index is 11.8. The van der Waals surface area contributed by atoms with Crippen LogP contribution in [-0.2, 0) is 4.79 Å². The second-order valence-corrected chi connectivity index (χ2v) is 5.24. The second kappa shape index (κ2) is 9.29. The topological polar surface area (TPSA) is 64.3 Å². The molecule has 20 heavy (non-hydrogen) atoms. The molecule has 0 saturated carbocycles. The van der Waals surface area contributed by atoms with Gasteiger partial charge in [0.05, 0.1) is 5.02 Å². The molecule has 3 N–H and O–H groups in total. The fourth-order valence-corrected chi connectivity index (χ4v) is 1.83. The van der Waals surface area contributed by atoms with E-state index in [2.05, 4.69) is 5.32 Å². The average molecular weight is 342 g/mol. The summed E-state index contributed by atoms with van der Waals surface area (Å²) in [5.41, 5.74) is 5.60. The van der Waals surface area contributed by atoms with Crippen LogP contribution in [0.5, 0.6) is 5.75 Å². The van der Waals surface area contributed by atoms with Gasteiger partial charge in [0.2, 0.25) is 0 Å². The molecule has 2 atom stereocenters. The van der Waals surface area contributed by atoms with Crippen molar-refractivity contribution in [2.75, 3.05) is 6.54 Å². The first-order valence-electron chi connectivity index (χ1n) is 6.05. The van der Waals surface area contributed by atoms with E-state index in [1.807, 2.05) is 6.92 Å². The molecule has 0 heterocycles. The molecule has 0 aromatic heterocycles. The maximum Gasteiger partial charge on any atom is 0.260 e. The van der Waals surface area contributed by atoms with Gasteiger partial charge in [-0.25, -0.2) is 0 Å². The standard InChI is InChI=1S/C13H18Cl2N2O2.ClH/c1-8(16)5-6-17-13(18)9(2)19-12-4-3-10(14)7-11(12)15;/h3-4,7-9H,5-6,16H2,1-2H3,(H,17,18);1H. The van der Waals surface area contributed by atoms with Gasteiger partial charge in [-0.3, -0.25) is 4.79 Å². The third-order valence-electron chi connectivity index (χ3n) is 2.47. The lowest BCUT2D eigenvalue weighted by atomic mass is 10.2. The van der Waals surface area contributed by atoms with Gasteiger partial charge < -0.3 is 15.8 Å². The van der Waals surface area contributed by atoms with E-state index < -0.39 is 6.10 Å². The zero-order valence-electron chi connectivity index (χ0n) is 11.4. The number of ether oxygens (including phenoxy) is 1. The number of halogens is 3. The number of carbonyl (C=O) groups is 1. The molecule has 0 spiro atoms. The smallest absolute Gasteiger partial charge is 0.260 e. The molecule has 0 aliphatic heterocycles. The van der Waals surface area contributed by atoms with Gasteiger partial charge in [0, 0.05) is 17.6 Å². The van der Waals surface area contributed by atoms with Crippen molar-refractivity contribution in [3.8, 4) is 5.75 Å². The van der Waals surface area contributed by atoms with E-state index in [9.17, 15) is 4.79 Å². The Hall–Kier alpha value is -0.680. The lowest BCUT2D eigenvalue weighted by Gasteiger charge is -2.16. The van der Waals surface area contributed by atoms with E-state index in [4.69, 9.17) is 33.7 Å². The van der Waals surface area contributed by atoms with Gasteiger partial charge >= 0.3 is 0 Å². The summed E-state index contributed by atoms with van der Waals surface area (Å²) < 4.78 is 5.49. The van der Waals surface area contributed by atoms with Crippen LogP contribution in [0.15, 0.2) is 18.2 Å². The van der Waals surface area contributed by atoms with Gasteiger partial charge in [-0.05, 0) is 38.5 Å². The maximum atomic E-state index is 11.8. The molecule has 0 fully saturated rings. The SMILES string of the molecule is CC(N)CCNC(=O)C(C)Oc1ccc(Cl)cc1Cl.Cl. The fraction of sp³-hybridized carbons (Fsp3) is 0.462. The molecule has 0 bridgehead atoms. The Morgan fingerprint density at radius 3 is 2.60 bits per heavy atom. The number of carbonyl (C=O) groups excluding carboxylic acids is 1. The third-order valence-corrected chi connectivity index (χ3v) is 3.00. The first-order valence-corrected chi connectivity index (χ1v) is 6.80. The number of amides is 1. The van der Waals surface area contributed by atoms with Crippen LogP contribution in [0.1, 0.15) is 20.3 Å². The third kappa shape index (κ3) is 6.66. The van der Waals surface area contributed by atoms with Crippen molar-refractivity contribution in [3.05, 3.63) is 28.2 Å². The highest BCUT2D eigenvalue weighted by molar-refractivity contribution is 6.35. The molecular weight excluding hydrogens is 323 g/mol. The highest BCUT2D eigenvalue weighted by Crippen LogP contribution is 2.28. The lowest BCUT2D eigenvalue weighted by Crippen LogP contribution is -2.38. The highest BCUT2D eigenvalue weighted by Gasteiger charge is 2.15. The number of rotatable bonds is 6. The zero-order valence-corrected chi connectivity index (χ0v) is 13.7. The summed E-state index contributed by atoms with van der Waals surface area (Å²) in [6.45, 7) is 4.07. The Morgan fingerprint density at radius 1 is 1.40 bits per heavy atom. The van der Waals surface area contributed by atoms with E-state index >= 15 is 0 Å². The normalized spacial score (nSPS) is 13.1. The van der Waals surface area contributed by atoms with E-state index in [0.29, 0.717) is 22.3 Å². The predicted octanol–water partition coefficient (Wildman–Crippen LogP) is 3.04. The van der Waals surface area contributed by atoms with Crippen LogP contribution < -0.4 is 15.8 Å². The first-order chi connectivity index (χ1) is 8.90. The second-order valence-electron chi connectivity index (χ2n) is 4.39. The predicted molar refractivity (Wildman–Crippen MR) is 85.1 cm³/mol. The minimum absolute atomic E-state index is 0. The van der Waals surface area contributed by atoms with E-state index in [0.717, 1.165) is 6.42 Å². The summed E-state index contributed by atoms with van der Waals surface area (Å²) in [7, 11) is 0. The van der Waals surface area contributed by atoms with Crippen molar-refractivity contribution < 1.29 is 9.53 Å². The van der Waals surface area contributed by atoms with Crippen LogP contribution in [-0.4, -0.2) is 24.6 Å². The van der Waals surface area contributed by atoms with Gasteiger partial charge in [0.25, 0.3) is 5.91 Å². The molecular formula is C13H19Cl3N2O2. The van der Waals surface area contributed by atoms with Crippen LogP contribution in [0.3, 0.4) is 0 Å². The van der Waals surface area contributed by atoms with Gasteiger partial charge in [0.1, 0.15) is 5.75 Å². The van der Waals surface area contributed by atoms with E-state index in [1.165, 1.54) is 0 Å². The molecule has 7 heteroatoms. The van der Waals surface area contributed by atoms with E-state index in [-0.39, 0.29) is 24.4 Å². The van der Waals surface area contributed by atoms with Crippen molar-refractivity contribution in [1.82, 2.24) is 5.32 Å². The molecule has 1 rings (SSSR count).